The first-order chi connectivity index (χ1) is 7.45. The molecule has 1 nitrogen and oxygen atoms in total. The minimum Gasteiger partial charge on any atom is -0.389 e. The van der Waals surface area contributed by atoms with Gasteiger partial charge < -0.3 is 5.11 Å². The molecule has 0 bridgehead atoms. The van der Waals surface area contributed by atoms with Crippen LogP contribution in [0.2, 0.25) is 0 Å². The van der Waals surface area contributed by atoms with Gasteiger partial charge in [0.1, 0.15) is 0 Å². The second kappa shape index (κ2) is 4.18. The fourth-order valence-corrected chi connectivity index (χ4v) is 3.79. The predicted molar refractivity (Wildman–Crippen MR) is 68.2 cm³/mol. The Morgan fingerprint density at radius 2 is 2.06 bits per heavy atom. The summed E-state index contributed by atoms with van der Waals surface area (Å²) in [7, 11) is 0. The van der Waals surface area contributed by atoms with Crippen molar-refractivity contribution >= 4 is 0 Å². The van der Waals surface area contributed by atoms with E-state index < -0.39 is 5.60 Å². The van der Waals surface area contributed by atoms with Gasteiger partial charge in [-0.25, -0.2) is 0 Å². The Hall–Kier alpha value is -0.300. The van der Waals surface area contributed by atoms with Gasteiger partial charge in [-0.3, -0.25) is 0 Å². The molecule has 0 aromatic heterocycles. The third kappa shape index (κ3) is 1.84. The maximum Gasteiger partial charge on any atom is 0.0741 e. The highest BCUT2D eigenvalue weighted by molar-refractivity contribution is 5.17. The summed E-state index contributed by atoms with van der Waals surface area (Å²) in [5.74, 6) is 2.24. The SMILES string of the molecule is CC1=C[C@H]2[C@H](C(C)C)CC[C@H](C)[C@]2(O)CC1. The molecular formula is C15H26O. The van der Waals surface area contributed by atoms with Gasteiger partial charge in [0.2, 0.25) is 0 Å². The van der Waals surface area contributed by atoms with Crippen LogP contribution in [0.5, 0.6) is 0 Å². The third-order valence-corrected chi connectivity index (χ3v) is 5.07. The highest BCUT2D eigenvalue weighted by atomic mass is 16.3. The number of allylic oxidation sites excluding steroid dienone is 1. The fraction of sp³-hybridized carbons (Fsp3) is 0.867. The van der Waals surface area contributed by atoms with Gasteiger partial charge in [-0.1, -0.05) is 32.4 Å². The molecule has 0 radical (unpaired) electrons. The zero-order valence-corrected chi connectivity index (χ0v) is 11.2. The molecule has 16 heavy (non-hydrogen) atoms. The average Bonchev–Trinajstić information content (AvgIpc) is 2.21. The number of aliphatic hydroxyl groups is 1. The van der Waals surface area contributed by atoms with Crippen LogP contribution in [0.1, 0.15) is 53.4 Å². The standard InChI is InChI=1S/C15H26O/c1-10(2)13-6-5-12(4)15(16)8-7-11(3)9-14(13)15/h9-10,12-14,16H,5-8H2,1-4H3/t12-,13-,14-,15+/m0/s1. The number of hydrogen-bond acceptors (Lipinski definition) is 1. The van der Waals surface area contributed by atoms with Crippen LogP contribution in [0.15, 0.2) is 11.6 Å². The first-order valence-corrected chi connectivity index (χ1v) is 6.85. The van der Waals surface area contributed by atoms with Crippen LogP contribution in [0.3, 0.4) is 0 Å². The molecule has 2 aliphatic carbocycles. The van der Waals surface area contributed by atoms with Crippen molar-refractivity contribution in [3.05, 3.63) is 11.6 Å². The van der Waals surface area contributed by atoms with Crippen LogP contribution < -0.4 is 0 Å². The van der Waals surface area contributed by atoms with E-state index in [1.807, 2.05) is 0 Å². The smallest absolute Gasteiger partial charge is 0.0741 e. The van der Waals surface area contributed by atoms with Crippen LogP contribution in [-0.4, -0.2) is 10.7 Å². The number of hydrogen-bond donors (Lipinski definition) is 1. The highest BCUT2D eigenvalue weighted by Crippen LogP contribution is 2.50. The Labute approximate surface area is 99.9 Å². The minimum atomic E-state index is -0.410. The van der Waals surface area contributed by atoms with E-state index in [2.05, 4.69) is 33.8 Å². The highest BCUT2D eigenvalue weighted by Gasteiger charge is 2.49. The quantitative estimate of drug-likeness (QED) is 0.669. The summed E-state index contributed by atoms with van der Waals surface area (Å²) < 4.78 is 0. The average molecular weight is 222 g/mol. The molecule has 1 heteroatoms. The maximum atomic E-state index is 11.0. The lowest BCUT2D eigenvalue weighted by Gasteiger charge is -2.51. The van der Waals surface area contributed by atoms with E-state index in [0.29, 0.717) is 23.7 Å². The van der Waals surface area contributed by atoms with E-state index in [0.717, 1.165) is 12.8 Å². The van der Waals surface area contributed by atoms with Crippen LogP contribution >= 0.6 is 0 Å². The van der Waals surface area contributed by atoms with Crippen molar-refractivity contribution in [2.45, 2.75) is 59.0 Å². The first kappa shape index (κ1) is 12.2. The van der Waals surface area contributed by atoms with E-state index in [9.17, 15) is 5.11 Å². The summed E-state index contributed by atoms with van der Waals surface area (Å²) in [5, 5.41) is 11.0. The van der Waals surface area contributed by atoms with E-state index in [1.54, 1.807) is 0 Å². The molecule has 0 spiro atoms. The molecule has 0 aromatic rings. The summed E-state index contributed by atoms with van der Waals surface area (Å²) in [4.78, 5) is 0. The number of fused-ring (bicyclic) bond motifs is 1. The molecule has 0 saturated heterocycles. The molecule has 0 unspecified atom stereocenters. The normalized spacial score (nSPS) is 44.1. The lowest BCUT2D eigenvalue weighted by molar-refractivity contribution is -0.111. The Bertz CT molecular complexity index is 292. The van der Waals surface area contributed by atoms with Gasteiger partial charge in [0.15, 0.2) is 0 Å². The Morgan fingerprint density at radius 1 is 1.38 bits per heavy atom. The monoisotopic (exact) mass is 222 g/mol. The summed E-state index contributed by atoms with van der Waals surface area (Å²) in [6, 6.07) is 0. The molecule has 2 rings (SSSR count). The van der Waals surface area contributed by atoms with Crippen molar-refractivity contribution in [2.75, 3.05) is 0 Å². The van der Waals surface area contributed by atoms with Gasteiger partial charge >= 0.3 is 0 Å². The molecule has 1 saturated carbocycles. The summed E-state index contributed by atoms with van der Waals surface area (Å²) in [6.07, 6.45) is 6.93. The molecule has 0 aromatic carbocycles. The van der Waals surface area contributed by atoms with Gasteiger partial charge in [-0.15, -0.1) is 0 Å². The Morgan fingerprint density at radius 3 is 2.69 bits per heavy atom. The van der Waals surface area contributed by atoms with Crippen molar-refractivity contribution < 1.29 is 5.11 Å². The van der Waals surface area contributed by atoms with Crippen molar-refractivity contribution in [1.29, 1.82) is 0 Å². The lowest BCUT2D eigenvalue weighted by atomic mass is 9.57. The molecule has 1 fully saturated rings. The summed E-state index contributed by atoms with van der Waals surface area (Å²) >= 11 is 0. The largest absolute Gasteiger partial charge is 0.389 e. The molecule has 4 atom stereocenters. The van der Waals surface area contributed by atoms with Gasteiger partial charge in [0.25, 0.3) is 0 Å². The van der Waals surface area contributed by atoms with Crippen LogP contribution in [-0.2, 0) is 0 Å². The third-order valence-electron chi connectivity index (χ3n) is 5.07. The molecule has 92 valence electrons. The molecule has 1 N–H and O–H groups in total. The van der Waals surface area contributed by atoms with Gasteiger partial charge in [-0.05, 0) is 50.4 Å². The van der Waals surface area contributed by atoms with Crippen LogP contribution in [0.4, 0.5) is 0 Å². The summed E-state index contributed by atoms with van der Waals surface area (Å²) in [5.41, 5.74) is 1.07. The molecule has 2 aliphatic rings. The van der Waals surface area contributed by atoms with Crippen molar-refractivity contribution in [3.63, 3.8) is 0 Å². The van der Waals surface area contributed by atoms with E-state index in [-0.39, 0.29) is 0 Å². The van der Waals surface area contributed by atoms with Crippen molar-refractivity contribution in [3.8, 4) is 0 Å². The second-order valence-corrected chi connectivity index (χ2v) is 6.42. The van der Waals surface area contributed by atoms with Gasteiger partial charge in [0, 0.05) is 5.92 Å². The zero-order chi connectivity index (χ0) is 11.9. The molecule has 0 heterocycles. The minimum absolute atomic E-state index is 0.407. The van der Waals surface area contributed by atoms with E-state index in [4.69, 9.17) is 0 Å². The Balaban J connectivity index is 2.32. The van der Waals surface area contributed by atoms with Gasteiger partial charge in [0.05, 0.1) is 5.60 Å². The molecule has 0 amide bonds. The van der Waals surface area contributed by atoms with Crippen molar-refractivity contribution in [2.24, 2.45) is 23.7 Å². The molecule has 0 aliphatic heterocycles. The topological polar surface area (TPSA) is 20.2 Å². The van der Waals surface area contributed by atoms with Gasteiger partial charge in [-0.2, -0.15) is 0 Å². The summed E-state index contributed by atoms with van der Waals surface area (Å²) in [6.45, 7) is 9.06. The van der Waals surface area contributed by atoms with E-state index in [1.165, 1.54) is 18.4 Å². The number of rotatable bonds is 1. The fourth-order valence-electron chi connectivity index (χ4n) is 3.79. The Kier molecular flexibility index (Phi) is 3.18. The lowest BCUT2D eigenvalue weighted by Crippen LogP contribution is -2.52. The van der Waals surface area contributed by atoms with E-state index >= 15 is 0 Å². The predicted octanol–water partition coefficient (Wildman–Crippen LogP) is 3.78. The molecular weight excluding hydrogens is 196 g/mol. The van der Waals surface area contributed by atoms with Crippen LogP contribution in [0.25, 0.3) is 0 Å². The maximum absolute atomic E-state index is 11.0. The van der Waals surface area contributed by atoms with Crippen LogP contribution in [0, 0.1) is 23.7 Å². The second-order valence-electron chi connectivity index (χ2n) is 6.42. The first-order valence-electron chi connectivity index (χ1n) is 6.85. The zero-order valence-electron chi connectivity index (χ0n) is 11.2. The van der Waals surface area contributed by atoms with Crippen molar-refractivity contribution in [1.82, 2.24) is 0 Å².